The number of nitrogens with one attached hydrogen (secondary N) is 2. The molecular formula is C19H19FN4OS. The minimum Gasteiger partial charge on any atom is -0.350 e. The molecule has 1 aromatic heterocycles. The summed E-state index contributed by atoms with van der Waals surface area (Å²) in [4.78, 5) is 12.3. The minimum absolute atomic E-state index is 0.0543. The molecule has 0 aliphatic carbocycles. The van der Waals surface area contributed by atoms with Crippen molar-refractivity contribution in [1.29, 1.82) is 0 Å². The van der Waals surface area contributed by atoms with E-state index in [4.69, 9.17) is 12.2 Å². The van der Waals surface area contributed by atoms with Crippen LogP contribution < -0.4 is 5.32 Å². The molecule has 0 aliphatic rings. The number of aromatic nitrogens is 3. The van der Waals surface area contributed by atoms with Crippen LogP contribution in [0.2, 0.25) is 0 Å². The Bertz CT molecular complexity index is 992. The van der Waals surface area contributed by atoms with Crippen LogP contribution in [0, 0.1) is 24.4 Å². The fourth-order valence-corrected chi connectivity index (χ4v) is 2.80. The Morgan fingerprint density at radius 2 is 1.96 bits per heavy atom. The van der Waals surface area contributed by atoms with E-state index in [1.807, 2.05) is 31.2 Å². The Morgan fingerprint density at radius 1 is 1.23 bits per heavy atom. The highest BCUT2D eigenvalue weighted by atomic mass is 32.1. The summed E-state index contributed by atoms with van der Waals surface area (Å²) in [5.74, 6) is 0.160. The van der Waals surface area contributed by atoms with Crippen LogP contribution in [0.1, 0.15) is 16.7 Å². The van der Waals surface area contributed by atoms with E-state index in [0.29, 0.717) is 22.7 Å². The fourth-order valence-electron chi connectivity index (χ4n) is 2.60. The van der Waals surface area contributed by atoms with Gasteiger partial charge in [-0.3, -0.25) is 14.5 Å². The van der Waals surface area contributed by atoms with Crippen LogP contribution in [-0.2, 0) is 17.9 Å². The predicted octanol–water partition coefficient (Wildman–Crippen LogP) is 3.68. The van der Waals surface area contributed by atoms with Gasteiger partial charge in [0.05, 0.1) is 0 Å². The summed E-state index contributed by atoms with van der Waals surface area (Å²) in [6, 6.07) is 12.6. The van der Waals surface area contributed by atoms with Crippen molar-refractivity contribution in [1.82, 2.24) is 20.1 Å². The van der Waals surface area contributed by atoms with Gasteiger partial charge in [-0.1, -0.05) is 42.0 Å². The van der Waals surface area contributed by atoms with Gasteiger partial charge in [-0.25, -0.2) is 4.39 Å². The second-order valence-corrected chi connectivity index (χ2v) is 6.55. The lowest BCUT2D eigenvalue weighted by Gasteiger charge is -2.09. The number of benzene rings is 2. The van der Waals surface area contributed by atoms with Gasteiger partial charge in [0.25, 0.3) is 0 Å². The van der Waals surface area contributed by atoms with Gasteiger partial charge in [0.2, 0.25) is 5.91 Å². The van der Waals surface area contributed by atoms with Gasteiger partial charge in [-0.2, -0.15) is 5.10 Å². The summed E-state index contributed by atoms with van der Waals surface area (Å²) < 4.78 is 15.4. The Balaban J connectivity index is 1.71. The van der Waals surface area contributed by atoms with Crippen molar-refractivity contribution in [2.75, 3.05) is 0 Å². The molecule has 0 saturated carbocycles. The lowest BCUT2D eigenvalue weighted by molar-refractivity contribution is -0.121. The van der Waals surface area contributed by atoms with E-state index in [-0.39, 0.29) is 18.3 Å². The molecule has 3 aromatic rings. The molecule has 3 rings (SSSR count). The molecule has 0 atom stereocenters. The van der Waals surface area contributed by atoms with E-state index < -0.39 is 0 Å². The maximum Gasteiger partial charge on any atom is 0.240 e. The SMILES string of the molecule is Cc1ccc(-c2n[nH]c(=S)n2CC(=O)NCc2ccc(F)c(C)c2)cc1. The van der Waals surface area contributed by atoms with E-state index in [2.05, 4.69) is 15.5 Å². The van der Waals surface area contributed by atoms with Crippen molar-refractivity contribution in [2.24, 2.45) is 0 Å². The Kier molecular flexibility index (Phi) is 5.27. The standard InChI is InChI=1S/C19H19FN4OS/c1-12-3-6-15(7-4-12)18-22-23-19(26)24(18)11-17(25)21-10-14-5-8-16(20)13(2)9-14/h3-9H,10-11H2,1-2H3,(H,21,25)(H,23,26). The zero-order valence-electron chi connectivity index (χ0n) is 14.5. The highest BCUT2D eigenvalue weighted by Gasteiger charge is 2.12. The number of halogens is 1. The van der Waals surface area contributed by atoms with Crippen LogP contribution in [0.5, 0.6) is 0 Å². The number of carbonyl (C=O) groups is 1. The molecule has 134 valence electrons. The van der Waals surface area contributed by atoms with E-state index >= 15 is 0 Å². The lowest BCUT2D eigenvalue weighted by Crippen LogP contribution is -2.27. The number of aromatic amines is 1. The average molecular weight is 370 g/mol. The van der Waals surface area contributed by atoms with E-state index in [1.54, 1.807) is 23.6 Å². The second kappa shape index (κ2) is 7.61. The zero-order chi connectivity index (χ0) is 18.7. The normalized spacial score (nSPS) is 10.7. The van der Waals surface area contributed by atoms with E-state index in [9.17, 15) is 9.18 Å². The maximum absolute atomic E-state index is 13.3. The quantitative estimate of drug-likeness (QED) is 0.674. The molecule has 5 nitrogen and oxygen atoms in total. The molecule has 0 fully saturated rings. The van der Waals surface area contributed by atoms with Crippen LogP contribution in [0.3, 0.4) is 0 Å². The molecule has 0 aliphatic heterocycles. The summed E-state index contributed by atoms with van der Waals surface area (Å²) in [6.07, 6.45) is 0. The minimum atomic E-state index is -0.257. The molecule has 1 amide bonds. The Labute approximate surface area is 155 Å². The van der Waals surface area contributed by atoms with Crippen LogP contribution in [-0.4, -0.2) is 20.7 Å². The number of H-pyrrole nitrogens is 1. The zero-order valence-corrected chi connectivity index (χ0v) is 15.4. The maximum atomic E-state index is 13.3. The first-order valence-electron chi connectivity index (χ1n) is 8.18. The molecule has 2 N–H and O–H groups in total. The molecule has 1 heterocycles. The first-order valence-corrected chi connectivity index (χ1v) is 8.59. The summed E-state index contributed by atoms with van der Waals surface area (Å²) in [6.45, 7) is 4.08. The molecule has 0 radical (unpaired) electrons. The van der Waals surface area contributed by atoms with Crippen molar-refractivity contribution < 1.29 is 9.18 Å². The molecule has 26 heavy (non-hydrogen) atoms. The highest BCUT2D eigenvalue weighted by Crippen LogP contribution is 2.18. The fraction of sp³-hybridized carbons (Fsp3) is 0.211. The third kappa shape index (κ3) is 4.05. The summed E-state index contributed by atoms with van der Waals surface area (Å²) >= 11 is 5.25. The van der Waals surface area contributed by atoms with Gasteiger partial charge in [0.1, 0.15) is 12.4 Å². The van der Waals surface area contributed by atoms with Crippen LogP contribution in [0.25, 0.3) is 11.4 Å². The van der Waals surface area contributed by atoms with Crippen molar-refractivity contribution in [3.05, 3.63) is 69.7 Å². The van der Waals surface area contributed by atoms with Crippen molar-refractivity contribution in [2.45, 2.75) is 26.9 Å². The average Bonchev–Trinajstić information content (AvgIpc) is 2.97. The Hall–Kier alpha value is -2.80. The number of carbonyl (C=O) groups excluding carboxylic acids is 1. The number of rotatable bonds is 5. The second-order valence-electron chi connectivity index (χ2n) is 6.16. The van der Waals surface area contributed by atoms with E-state index in [1.165, 1.54) is 6.07 Å². The summed E-state index contributed by atoms with van der Waals surface area (Å²) in [5.41, 5.74) is 3.41. The molecule has 2 aromatic carbocycles. The largest absolute Gasteiger partial charge is 0.350 e. The number of aryl methyl sites for hydroxylation is 2. The van der Waals surface area contributed by atoms with Crippen LogP contribution in [0.15, 0.2) is 42.5 Å². The number of nitrogens with zero attached hydrogens (tertiary/aromatic N) is 2. The van der Waals surface area contributed by atoms with Gasteiger partial charge in [-0.05, 0) is 43.3 Å². The van der Waals surface area contributed by atoms with Crippen LogP contribution >= 0.6 is 12.2 Å². The molecule has 0 spiro atoms. The molecule has 7 heteroatoms. The van der Waals surface area contributed by atoms with Crippen molar-refractivity contribution >= 4 is 18.1 Å². The monoisotopic (exact) mass is 370 g/mol. The van der Waals surface area contributed by atoms with E-state index in [0.717, 1.165) is 16.7 Å². The molecule has 0 bridgehead atoms. The summed E-state index contributed by atoms with van der Waals surface area (Å²) in [5, 5.41) is 9.80. The number of amides is 1. The summed E-state index contributed by atoms with van der Waals surface area (Å²) in [7, 11) is 0. The van der Waals surface area contributed by atoms with Gasteiger partial charge < -0.3 is 5.32 Å². The predicted molar refractivity (Wildman–Crippen MR) is 101 cm³/mol. The lowest BCUT2D eigenvalue weighted by atomic mass is 10.1. The Morgan fingerprint density at radius 3 is 2.65 bits per heavy atom. The first kappa shape index (κ1) is 18.0. The molecule has 0 unspecified atom stereocenters. The number of hydrogen-bond acceptors (Lipinski definition) is 3. The first-order chi connectivity index (χ1) is 12.4. The topological polar surface area (TPSA) is 62.7 Å². The van der Waals surface area contributed by atoms with Gasteiger partial charge in [-0.15, -0.1) is 0 Å². The van der Waals surface area contributed by atoms with Gasteiger partial charge in [0.15, 0.2) is 10.6 Å². The third-order valence-corrected chi connectivity index (χ3v) is 4.39. The molecular weight excluding hydrogens is 351 g/mol. The van der Waals surface area contributed by atoms with Crippen molar-refractivity contribution in [3.8, 4) is 11.4 Å². The van der Waals surface area contributed by atoms with Gasteiger partial charge in [0, 0.05) is 12.1 Å². The third-order valence-electron chi connectivity index (χ3n) is 4.08. The van der Waals surface area contributed by atoms with Gasteiger partial charge >= 0.3 is 0 Å². The molecule has 0 saturated heterocycles. The smallest absolute Gasteiger partial charge is 0.240 e. The highest BCUT2D eigenvalue weighted by molar-refractivity contribution is 7.71. The number of hydrogen-bond donors (Lipinski definition) is 2. The van der Waals surface area contributed by atoms with Crippen LogP contribution in [0.4, 0.5) is 4.39 Å². The van der Waals surface area contributed by atoms with Crippen molar-refractivity contribution in [3.63, 3.8) is 0 Å².